The van der Waals surface area contributed by atoms with Gasteiger partial charge in [-0.1, -0.05) is 13.0 Å². The zero-order valence-electron chi connectivity index (χ0n) is 8.49. The predicted octanol–water partition coefficient (Wildman–Crippen LogP) is 1.43. The van der Waals surface area contributed by atoms with Gasteiger partial charge >= 0.3 is 5.76 Å². The number of nitrogens with one attached hydrogen (secondary N) is 1. The zero-order chi connectivity index (χ0) is 10.8. The normalized spacial score (nSPS) is 13.2. The van der Waals surface area contributed by atoms with E-state index in [0.717, 1.165) is 12.0 Å². The molecule has 1 aromatic carbocycles. The molecule has 0 bridgehead atoms. The molecule has 0 saturated heterocycles. The van der Waals surface area contributed by atoms with E-state index in [9.17, 15) is 9.90 Å². The Morgan fingerprint density at radius 3 is 3.07 bits per heavy atom. The number of aromatic nitrogens is 1. The van der Waals surface area contributed by atoms with Gasteiger partial charge < -0.3 is 9.52 Å². The summed E-state index contributed by atoms with van der Waals surface area (Å²) in [5, 5.41) is 9.49. The van der Waals surface area contributed by atoms with Crippen LogP contribution in [0.2, 0.25) is 0 Å². The Bertz CT molecular complexity index is 512. The lowest BCUT2D eigenvalue weighted by molar-refractivity contribution is 0.171. The summed E-state index contributed by atoms with van der Waals surface area (Å²) in [6.45, 7) is 1.93. The highest BCUT2D eigenvalue weighted by atomic mass is 16.4. The van der Waals surface area contributed by atoms with E-state index in [4.69, 9.17) is 4.42 Å². The van der Waals surface area contributed by atoms with Crippen LogP contribution in [-0.2, 0) is 6.42 Å². The van der Waals surface area contributed by atoms with Crippen molar-refractivity contribution >= 4 is 11.1 Å². The fourth-order valence-electron chi connectivity index (χ4n) is 1.54. The van der Waals surface area contributed by atoms with Crippen molar-refractivity contribution in [3.63, 3.8) is 0 Å². The number of rotatable bonds is 3. The summed E-state index contributed by atoms with van der Waals surface area (Å²) in [6.07, 6.45) is 0.987. The van der Waals surface area contributed by atoms with Crippen LogP contribution in [0.25, 0.3) is 11.1 Å². The molecule has 80 valence electrons. The first-order chi connectivity index (χ1) is 7.19. The summed E-state index contributed by atoms with van der Waals surface area (Å²) >= 11 is 0. The number of hydrogen-bond acceptors (Lipinski definition) is 3. The maximum absolute atomic E-state index is 10.9. The Balaban J connectivity index is 2.34. The number of benzene rings is 1. The van der Waals surface area contributed by atoms with E-state index in [-0.39, 0.29) is 6.10 Å². The third-order valence-corrected chi connectivity index (χ3v) is 2.43. The monoisotopic (exact) mass is 207 g/mol. The lowest BCUT2D eigenvalue weighted by atomic mass is 10.1. The van der Waals surface area contributed by atoms with Crippen molar-refractivity contribution in [2.75, 3.05) is 0 Å². The standard InChI is InChI=1S/C11H13NO3/c1-2-8(13)5-7-3-4-10-9(6-7)12-11(14)15-10/h3-4,6,8,13H,2,5H2,1H3,(H,12,14). The molecule has 1 atom stereocenters. The van der Waals surface area contributed by atoms with Gasteiger partial charge in [-0.05, 0) is 30.5 Å². The maximum Gasteiger partial charge on any atom is 0.417 e. The van der Waals surface area contributed by atoms with Gasteiger partial charge in [-0.15, -0.1) is 0 Å². The van der Waals surface area contributed by atoms with Gasteiger partial charge in [0.05, 0.1) is 11.6 Å². The first-order valence-corrected chi connectivity index (χ1v) is 4.99. The van der Waals surface area contributed by atoms with Crippen molar-refractivity contribution in [2.45, 2.75) is 25.9 Å². The van der Waals surface area contributed by atoms with Crippen LogP contribution in [0.5, 0.6) is 0 Å². The van der Waals surface area contributed by atoms with Crippen molar-refractivity contribution in [3.8, 4) is 0 Å². The van der Waals surface area contributed by atoms with E-state index in [0.29, 0.717) is 17.5 Å². The van der Waals surface area contributed by atoms with Crippen molar-refractivity contribution in [3.05, 3.63) is 34.3 Å². The number of hydrogen-bond donors (Lipinski definition) is 2. The van der Waals surface area contributed by atoms with Crippen LogP contribution in [-0.4, -0.2) is 16.2 Å². The van der Waals surface area contributed by atoms with Crippen LogP contribution in [0, 0.1) is 0 Å². The molecule has 0 saturated carbocycles. The largest absolute Gasteiger partial charge is 0.417 e. The molecule has 1 aromatic heterocycles. The molecule has 15 heavy (non-hydrogen) atoms. The first kappa shape index (κ1) is 9.98. The fourth-order valence-corrected chi connectivity index (χ4v) is 1.54. The Morgan fingerprint density at radius 1 is 1.53 bits per heavy atom. The van der Waals surface area contributed by atoms with Crippen molar-refractivity contribution in [2.24, 2.45) is 0 Å². The van der Waals surface area contributed by atoms with E-state index in [1.165, 1.54) is 0 Å². The molecule has 1 heterocycles. The molecule has 0 aliphatic carbocycles. The number of fused-ring (bicyclic) bond motifs is 1. The van der Waals surface area contributed by atoms with Crippen LogP contribution in [0.15, 0.2) is 27.4 Å². The van der Waals surface area contributed by atoms with E-state index in [1.807, 2.05) is 19.1 Å². The molecule has 2 N–H and O–H groups in total. The van der Waals surface area contributed by atoms with Crippen molar-refractivity contribution in [1.29, 1.82) is 0 Å². The summed E-state index contributed by atoms with van der Waals surface area (Å²) in [6, 6.07) is 5.43. The van der Waals surface area contributed by atoms with Crippen LogP contribution < -0.4 is 5.76 Å². The van der Waals surface area contributed by atoms with Crippen LogP contribution in [0.1, 0.15) is 18.9 Å². The van der Waals surface area contributed by atoms with Crippen LogP contribution >= 0.6 is 0 Å². The highest BCUT2D eigenvalue weighted by Crippen LogP contribution is 2.14. The number of aromatic amines is 1. The number of H-pyrrole nitrogens is 1. The minimum Gasteiger partial charge on any atom is -0.408 e. The summed E-state index contributed by atoms with van der Waals surface area (Å²) in [7, 11) is 0. The van der Waals surface area contributed by atoms with Crippen molar-refractivity contribution < 1.29 is 9.52 Å². The van der Waals surface area contributed by atoms with Gasteiger partial charge in [-0.3, -0.25) is 4.98 Å². The molecule has 0 fully saturated rings. The van der Waals surface area contributed by atoms with Gasteiger partial charge in [0.2, 0.25) is 0 Å². The van der Waals surface area contributed by atoms with E-state index in [1.54, 1.807) is 6.07 Å². The highest BCUT2D eigenvalue weighted by molar-refractivity contribution is 5.72. The minimum absolute atomic E-state index is 0.332. The number of aliphatic hydroxyl groups is 1. The van der Waals surface area contributed by atoms with Gasteiger partial charge in [-0.25, -0.2) is 4.79 Å². The second-order valence-corrected chi connectivity index (χ2v) is 3.61. The average molecular weight is 207 g/mol. The predicted molar refractivity (Wildman–Crippen MR) is 56.8 cm³/mol. The first-order valence-electron chi connectivity index (χ1n) is 4.99. The highest BCUT2D eigenvalue weighted by Gasteiger charge is 2.05. The number of aliphatic hydroxyl groups excluding tert-OH is 1. The van der Waals surface area contributed by atoms with Crippen molar-refractivity contribution in [1.82, 2.24) is 4.98 Å². The minimum atomic E-state index is -0.446. The average Bonchev–Trinajstić information content (AvgIpc) is 2.57. The smallest absolute Gasteiger partial charge is 0.408 e. The zero-order valence-corrected chi connectivity index (χ0v) is 8.49. The second kappa shape index (κ2) is 3.90. The Hall–Kier alpha value is -1.55. The molecule has 0 amide bonds. The van der Waals surface area contributed by atoms with E-state index in [2.05, 4.69) is 4.98 Å². The SMILES string of the molecule is CCC(O)Cc1ccc2oc(=O)[nH]c2c1. The van der Waals surface area contributed by atoms with Gasteiger partial charge in [-0.2, -0.15) is 0 Å². The van der Waals surface area contributed by atoms with Gasteiger partial charge in [0.25, 0.3) is 0 Å². The summed E-state index contributed by atoms with van der Waals surface area (Å²) in [5.41, 5.74) is 2.23. The molecule has 2 aromatic rings. The topological polar surface area (TPSA) is 66.2 Å². The molecule has 0 aliphatic rings. The Labute approximate surface area is 86.5 Å². The molecular weight excluding hydrogens is 194 g/mol. The lowest BCUT2D eigenvalue weighted by Crippen LogP contribution is -2.08. The molecule has 4 heteroatoms. The molecule has 1 unspecified atom stereocenters. The third kappa shape index (κ3) is 2.10. The summed E-state index contributed by atoms with van der Waals surface area (Å²) in [5.74, 6) is -0.446. The molecule has 0 radical (unpaired) electrons. The van der Waals surface area contributed by atoms with Crippen LogP contribution in [0.3, 0.4) is 0 Å². The van der Waals surface area contributed by atoms with Gasteiger partial charge in [0, 0.05) is 0 Å². The number of oxazole rings is 1. The maximum atomic E-state index is 10.9. The third-order valence-electron chi connectivity index (χ3n) is 2.43. The van der Waals surface area contributed by atoms with Gasteiger partial charge in [0.15, 0.2) is 5.58 Å². The molecule has 2 rings (SSSR count). The van der Waals surface area contributed by atoms with E-state index >= 15 is 0 Å². The van der Waals surface area contributed by atoms with Gasteiger partial charge in [0.1, 0.15) is 0 Å². The van der Waals surface area contributed by atoms with E-state index < -0.39 is 5.76 Å². The lowest BCUT2D eigenvalue weighted by Gasteiger charge is -2.06. The molecule has 4 nitrogen and oxygen atoms in total. The summed E-state index contributed by atoms with van der Waals surface area (Å²) < 4.78 is 4.88. The second-order valence-electron chi connectivity index (χ2n) is 3.61. The summed E-state index contributed by atoms with van der Waals surface area (Å²) in [4.78, 5) is 13.5. The molecular formula is C11H13NO3. The molecule has 0 aliphatic heterocycles. The molecule has 0 spiro atoms. The Morgan fingerprint density at radius 2 is 2.33 bits per heavy atom. The quantitative estimate of drug-likeness (QED) is 0.800. The fraction of sp³-hybridized carbons (Fsp3) is 0.364. The van der Waals surface area contributed by atoms with Crippen LogP contribution in [0.4, 0.5) is 0 Å². The Kier molecular flexibility index (Phi) is 2.60.